The van der Waals surface area contributed by atoms with Crippen LogP contribution in [0.1, 0.15) is 18.5 Å². The zero-order valence-corrected chi connectivity index (χ0v) is 14.2. The highest BCUT2D eigenvalue weighted by molar-refractivity contribution is 6.30. The van der Waals surface area contributed by atoms with Gasteiger partial charge in [-0.3, -0.25) is 4.79 Å². The van der Waals surface area contributed by atoms with Crippen molar-refractivity contribution in [2.24, 2.45) is 0 Å². The second-order valence-corrected chi connectivity index (χ2v) is 5.82. The third-order valence-corrected chi connectivity index (χ3v) is 3.76. The second-order valence-electron chi connectivity index (χ2n) is 5.38. The molecule has 0 bridgehead atoms. The van der Waals surface area contributed by atoms with Gasteiger partial charge < -0.3 is 10.1 Å². The summed E-state index contributed by atoms with van der Waals surface area (Å²) in [6.07, 6.45) is 1.48. The molecule has 0 aliphatic carbocycles. The number of tetrazole rings is 1. The Labute approximate surface area is 149 Å². The zero-order valence-electron chi connectivity index (χ0n) is 13.5. The molecular formula is C17H16ClN5O2. The summed E-state index contributed by atoms with van der Waals surface area (Å²) in [7, 11) is 0. The molecule has 1 aromatic heterocycles. The molecule has 0 aliphatic heterocycles. The number of nitrogens with one attached hydrogen (secondary N) is 1. The van der Waals surface area contributed by atoms with Crippen molar-refractivity contribution >= 4 is 17.5 Å². The molecule has 0 saturated heterocycles. The minimum Gasteiger partial charge on any atom is -0.484 e. The van der Waals surface area contributed by atoms with E-state index >= 15 is 0 Å². The summed E-state index contributed by atoms with van der Waals surface area (Å²) in [5.74, 6) is 0.332. The molecule has 1 N–H and O–H groups in total. The first-order chi connectivity index (χ1) is 12.1. The monoisotopic (exact) mass is 357 g/mol. The van der Waals surface area contributed by atoms with Crippen LogP contribution in [-0.4, -0.2) is 32.7 Å². The Morgan fingerprint density at radius 3 is 2.88 bits per heavy atom. The van der Waals surface area contributed by atoms with E-state index in [1.54, 1.807) is 24.3 Å². The molecule has 3 rings (SSSR count). The summed E-state index contributed by atoms with van der Waals surface area (Å²) in [6, 6.07) is 14.4. The van der Waals surface area contributed by atoms with E-state index in [0.29, 0.717) is 10.8 Å². The molecule has 0 fully saturated rings. The molecule has 3 aromatic rings. The van der Waals surface area contributed by atoms with Crippen molar-refractivity contribution in [1.82, 2.24) is 25.5 Å². The first-order valence-electron chi connectivity index (χ1n) is 7.63. The van der Waals surface area contributed by atoms with E-state index in [9.17, 15) is 4.79 Å². The minimum atomic E-state index is -0.222. The lowest BCUT2D eigenvalue weighted by atomic mass is 10.1. The van der Waals surface area contributed by atoms with Gasteiger partial charge in [0.25, 0.3) is 5.91 Å². The van der Waals surface area contributed by atoms with Crippen molar-refractivity contribution in [1.29, 1.82) is 0 Å². The number of halogens is 1. The van der Waals surface area contributed by atoms with Crippen molar-refractivity contribution in [2.75, 3.05) is 6.61 Å². The van der Waals surface area contributed by atoms with Crippen molar-refractivity contribution in [3.63, 3.8) is 0 Å². The summed E-state index contributed by atoms with van der Waals surface area (Å²) in [5, 5.41) is 14.5. The predicted octanol–water partition coefficient (Wildman–Crippen LogP) is 2.57. The third kappa shape index (κ3) is 4.54. The summed E-state index contributed by atoms with van der Waals surface area (Å²) < 4.78 is 7.06. The van der Waals surface area contributed by atoms with Gasteiger partial charge in [0.05, 0.1) is 11.7 Å². The Bertz CT molecular complexity index is 854. The lowest BCUT2D eigenvalue weighted by Crippen LogP contribution is -2.31. The zero-order chi connectivity index (χ0) is 17.6. The molecule has 1 amide bonds. The Kier molecular flexibility index (Phi) is 5.25. The van der Waals surface area contributed by atoms with Crippen LogP contribution in [0.15, 0.2) is 54.9 Å². The Hall–Kier alpha value is -2.93. The molecule has 7 nitrogen and oxygen atoms in total. The summed E-state index contributed by atoms with van der Waals surface area (Å²) in [4.78, 5) is 12.1. The molecule has 1 heterocycles. The number of benzene rings is 2. The minimum absolute atomic E-state index is 0.0933. The number of aromatic nitrogens is 4. The van der Waals surface area contributed by atoms with Gasteiger partial charge in [0.2, 0.25) is 0 Å². The highest BCUT2D eigenvalue weighted by Gasteiger charge is 2.11. The summed E-state index contributed by atoms with van der Waals surface area (Å²) >= 11 is 5.97. The average Bonchev–Trinajstić information content (AvgIpc) is 3.15. The number of carbonyl (C=O) groups excluding carboxylic acids is 1. The third-order valence-electron chi connectivity index (χ3n) is 3.53. The van der Waals surface area contributed by atoms with Crippen LogP contribution in [0.25, 0.3) is 5.69 Å². The topological polar surface area (TPSA) is 81.9 Å². The highest BCUT2D eigenvalue weighted by atomic mass is 35.5. The molecule has 0 radical (unpaired) electrons. The van der Waals surface area contributed by atoms with Gasteiger partial charge in [0.15, 0.2) is 6.61 Å². The lowest BCUT2D eigenvalue weighted by molar-refractivity contribution is -0.123. The smallest absolute Gasteiger partial charge is 0.258 e. The molecule has 1 atom stereocenters. The number of ether oxygens (including phenoxy) is 1. The van der Waals surface area contributed by atoms with E-state index < -0.39 is 0 Å². The molecule has 2 aromatic carbocycles. The number of nitrogens with zero attached hydrogens (tertiary/aromatic N) is 4. The van der Waals surface area contributed by atoms with Crippen LogP contribution in [0.2, 0.25) is 5.02 Å². The maximum atomic E-state index is 12.1. The maximum Gasteiger partial charge on any atom is 0.258 e. The average molecular weight is 358 g/mol. The van der Waals surface area contributed by atoms with Crippen LogP contribution in [0.3, 0.4) is 0 Å². The van der Waals surface area contributed by atoms with Gasteiger partial charge >= 0.3 is 0 Å². The standard InChI is InChI=1S/C17H16ClN5O2/c1-12(13-4-2-5-14(18)8-13)20-17(24)10-25-16-7-3-6-15(9-16)23-11-19-21-22-23/h2-9,11-12H,10H2,1H3,(H,20,24)/t12-/m0/s1. The van der Waals surface area contributed by atoms with Gasteiger partial charge in [0, 0.05) is 11.1 Å². The van der Waals surface area contributed by atoms with Gasteiger partial charge in [-0.05, 0) is 47.2 Å². The SMILES string of the molecule is C[C@H](NC(=O)COc1cccc(-n2cnnn2)c1)c1cccc(Cl)c1. The van der Waals surface area contributed by atoms with E-state index in [-0.39, 0.29) is 18.6 Å². The van der Waals surface area contributed by atoms with Crippen LogP contribution in [0, 0.1) is 0 Å². The van der Waals surface area contributed by atoms with E-state index in [1.165, 1.54) is 11.0 Å². The summed E-state index contributed by atoms with van der Waals surface area (Å²) in [6.45, 7) is 1.80. The van der Waals surface area contributed by atoms with Crippen LogP contribution < -0.4 is 10.1 Å². The number of hydrogen-bond acceptors (Lipinski definition) is 5. The fourth-order valence-corrected chi connectivity index (χ4v) is 2.49. The van der Waals surface area contributed by atoms with Crippen molar-refractivity contribution < 1.29 is 9.53 Å². The molecule has 25 heavy (non-hydrogen) atoms. The Morgan fingerprint density at radius 2 is 2.12 bits per heavy atom. The predicted molar refractivity (Wildman–Crippen MR) is 92.7 cm³/mol. The quantitative estimate of drug-likeness (QED) is 0.733. The van der Waals surface area contributed by atoms with Gasteiger partial charge in [-0.25, -0.2) is 4.68 Å². The summed E-state index contributed by atoms with van der Waals surface area (Å²) in [5.41, 5.74) is 1.68. The van der Waals surface area contributed by atoms with Gasteiger partial charge in [-0.1, -0.05) is 29.8 Å². The number of carbonyl (C=O) groups is 1. The number of rotatable bonds is 6. The first kappa shape index (κ1) is 16.9. The Morgan fingerprint density at radius 1 is 1.28 bits per heavy atom. The number of hydrogen-bond donors (Lipinski definition) is 1. The molecule has 0 aliphatic rings. The number of amides is 1. The first-order valence-corrected chi connectivity index (χ1v) is 8.00. The molecule has 0 unspecified atom stereocenters. The van der Waals surface area contributed by atoms with E-state index in [2.05, 4.69) is 20.8 Å². The second kappa shape index (κ2) is 7.76. The molecule has 0 spiro atoms. The van der Waals surface area contributed by atoms with Gasteiger partial charge in [-0.15, -0.1) is 5.10 Å². The molecule has 0 saturated carbocycles. The van der Waals surface area contributed by atoms with E-state index in [0.717, 1.165) is 11.3 Å². The van der Waals surface area contributed by atoms with E-state index in [1.807, 2.05) is 31.2 Å². The highest BCUT2D eigenvalue weighted by Crippen LogP contribution is 2.18. The van der Waals surface area contributed by atoms with Crippen molar-refractivity contribution in [2.45, 2.75) is 13.0 Å². The van der Waals surface area contributed by atoms with Crippen LogP contribution in [-0.2, 0) is 4.79 Å². The van der Waals surface area contributed by atoms with Crippen LogP contribution >= 0.6 is 11.6 Å². The molecular weight excluding hydrogens is 342 g/mol. The molecule has 8 heteroatoms. The van der Waals surface area contributed by atoms with Crippen molar-refractivity contribution in [3.05, 3.63) is 65.4 Å². The maximum absolute atomic E-state index is 12.1. The molecule has 128 valence electrons. The lowest BCUT2D eigenvalue weighted by Gasteiger charge is -2.15. The van der Waals surface area contributed by atoms with Crippen molar-refractivity contribution in [3.8, 4) is 11.4 Å². The fraction of sp³-hybridized carbons (Fsp3) is 0.176. The van der Waals surface area contributed by atoms with E-state index in [4.69, 9.17) is 16.3 Å². The van der Waals surface area contributed by atoms with Gasteiger partial charge in [-0.2, -0.15) is 0 Å². The Balaban J connectivity index is 1.56. The van der Waals surface area contributed by atoms with Gasteiger partial charge in [0.1, 0.15) is 12.1 Å². The van der Waals surface area contributed by atoms with Crippen LogP contribution in [0.5, 0.6) is 5.75 Å². The van der Waals surface area contributed by atoms with Crippen LogP contribution in [0.4, 0.5) is 0 Å². The fourth-order valence-electron chi connectivity index (χ4n) is 2.29. The largest absolute Gasteiger partial charge is 0.484 e. The normalized spacial score (nSPS) is 11.8.